The smallest absolute Gasteiger partial charge is 0.189 e. The monoisotopic (exact) mass is 290 g/mol. The molecule has 0 saturated carbocycles. The SMILES string of the molecule is C[C-](C)c1ccccc1.C[C-](C)c1ccccc1.[Cr+2]. The predicted octanol–water partition coefficient (Wildman–Crippen LogP) is 5.30. The molecule has 0 spiro atoms. The molecule has 19 heavy (non-hydrogen) atoms. The van der Waals surface area contributed by atoms with Gasteiger partial charge in [-0.1, -0.05) is 39.8 Å². The van der Waals surface area contributed by atoms with Crippen LogP contribution in [-0.2, 0) is 17.4 Å². The van der Waals surface area contributed by atoms with Crippen LogP contribution in [0.2, 0.25) is 0 Å². The van der Waals surface area contributed by atoms with Crippen LogP contribution in [-0.4, -0.2) is 0 Å². The van der Waals surface area contributed by atoms with Crippen LogP contribution in [0.15, 0.2) is 60.7 Å². The molecule has 0 aliphatic carbocycles. The standard InChI is InChI=1S/2C9H11.Cr/c2*1-8(2)9-6-4-3-5-7-9;/h2*3-7H,1-2H3;/q2*-1;+2. The third-order valence-corrected chi connectivity index (χ3v) is 2.70. The minimum Gasteiger partial charge on any atom is -0.189 e. The molecule has 0 atom stereocenters. The minimum absolute atomic E-state index is 0. The molecule has 0 heterocycles. The van der Waals surface area contributed by atoms with Crippen molar-refractivity contribution < 1.29 is 17.4 Å². The fourth-order valence-corrected chi connectivity index (χ4v) is 1.54. The number of benzene rings is 2. The van der Waals surface area contributed by atoms with E-state index in [1.54, 1.807) is 0 Å². The maximum Gasteiger partial charge on any atom is 2.00 e. The first kappa shape index (κ1) is 17.7. The molecular weight excluding hydrogens is 268 g/mol. The van der Waals surface area contributed by atoms with Crippen LogP contribution in [0.1, 0.15) is 38.8 Å². The van der Waals surface area contributed by atoms with E-state index in [2.05, 4.69) is 76.2 Å². The average molecular weight is 290 g/mol. The molecule has 1 heteroatoms. The molecule has 0 N–H and O–H groups in total. The summed E-state index contributed by atoms with van der Waals surface area (Å²) in [5, 5.41) is 0. The van der Waals surface area contributed by atoms with Gasteiger partial charge in [-0.25, -0.2) is 0 Å². The Kier molecular flexibility index (Phi) is 8.97. The molecule has 2 aromatic carbocycles. The topological polar surface area (TPSA) is 0 Å². The van der Waals surface area contributed by atoms with E-state index in [1.165, 1.54) is 23.0 Å². The largest absolute Gasteiger partial charge is 2.00 e. The van der Waals surface area contributed by atoms with E-state index in [4.69, 9.17) is 0 Å². The van der Waals surface area contributed by atoms with Crippen LogP contribution < -0.4 is 0 Å². The van der Waals surface area contributed by atoms with Gasteiger partial charge in [0.05, 0.1) is 0 Å². The molecule has 2 aromatic rings. The molecule has 0 radical (unpaired) electrons. The van der Waals surface area contributed by atoms with Gasteiger partial charge in [-0.15, -0.1) is 24.3 Å². The number of rotatable bonds is 2. The van der Waals surface area contributed by atoms with Gasteiger partial charge in [-0.3, -0.25) is 0 Å². The van der Waals surface area contributed by atoms with E-state index in [0.29, 0.717) is 0 Å². The summed E-state index contributed by atoms with van der Waals surface area (Å²) < 4.78 is 0. The Morgan fingerprint density at radius 3 is 0.947 bits per heavy atom. The molecule has 0 saturated heterocycles. The maximum atomic E-state index is 2.12. The summed E-state index contributed by atoms with van der Waals surface area (Å²) in [6, 6.07) is 20.8. The molecule has 100 valence electrons. The fraction of sp³-hybridized carbons (Fsp3) is 0.222. The molecule has 2 rings (SSSR count). The van der Waals surface area contributed by atoms with Crippen molar-refractivity contribution in [3.8, 4) is 0 Å². The van der Waals surface area contributed by atoms with Crippen molar-refractivity contribution in [3.05, 3.63) is 83.6 Å². The first-order valence-corrected chi connectivity index (χ1v) is 6.32. The summed E-state index contributed by atoms with van der Waals surface area (Å²) in [5.41, 5.74) is 2.66. The summed E-state index contributed by atoms with van der Waals surface area (Å²) in [7, 11) is 0. The van der Waals surface area contributed by atoms with E-state index >= 15 is 0 Å². The zero-order valence-electron chi connectivity index (χ0n) is 12.2. The van der Waals surface area contributed by atoms with Gasteiger partial charge < -0.3 is 0 Å². The molecule has 0 bridgehead atoms. The molecule has 0 fully saturated rings. The zero-order valence-corrected chi connectivity index (χ0v) is 13.5. The first-order valence-electron chi connectivity index (χ1n) is 6.32. The van der Waals surface area contributed by atoms with Crippen molar-refractivity contribution in [2.75, 3.05) is 0 Å². The summed E-state index contributed by atoms with van der Waals surface area (Å²) in [4.78, 5) is 0. The molecule has 0 aliphatic rings. The van der Waals surface area contributed by atoms with Gasteiger partial charge in [0.15, 0.2) is 0 Å². The van der Waals surface area contributed by atoms with Crippen molar-refractivity contribution in [1.82, 2.24) is 0 Å². The second-order valence-electron chi connectivity index (χ2n) is 4.73. The molecule has 0 aromatic heterocycles. The Morgan fingerprint density at radius 2 is 0.789 bits per heavy atom. The molecule has 0 unspecified atom stereocenters. The summed E-state index contributed by atoms with van der Waals surface area (Å²) in [5.74, 6) is 2.74. The van der Waals surface area contributed by atoms with Gasteiger partial charge in [-0.2, -0.15) is 47.2 Å². The van der Waals surface area contributed by atoms with Crippen molar-refractivity contribution in [2.24, 2.45) is 0 Å². The predicted molar refractivity (Wildman–Crippen MR) is 80.3 cm³/mol. The van der Waals surface area contributed by atoms with E-state index in [9.17, 15) is 0 Å². The maximum absolute atomic E-state index is 2.12. The van der Waals surface area contributed by atoms with Crippen LogP contribution in [0.5, 0.6) is 0 Å². The summed E-state index contributed by atoms with van der Waals surface area (Å²) in [6.45, 7) is 8.48. The first-order chi connectivity index (χ1) is 8.61. The van der Waals surface area contributed by atoms with Gasteiger partial charge in [0.25, 0.3) is 0 Å². The minimum atomic E-state index is 0. The van der Waals surface area contributed by atoms with Crippen molar-refractivity contribution >= 4 is 0 Å². The third kappa shape index (κ3) is 7.01. The van der Waals surface area contributed by atoms with Crippen molar-refractivity contribution in [1.29, 1.82) is 0 Å². The van der Waals surface area contributed by atoms with Gasteiger partial charge in [0.2, 0.25) is 0 Å². The Bertz CT molecular complexity index is 374. The average Bonchev–Trinajstić information content (AvgIpc) is 2.41. The van der Waals surface area contributed by atoms with Gasteiger partial charge in [0, 0.05) is 0 Å². The molecule has 0 nitrogen and oxygen atoms in total. The second kappa shape index (κ2) is 9.62. The Balaban J connectivity index is 0.000000324. The molecular formula is C18H22Cr. The van der Waals surface area contributed by atoms with Crippen LogP contribution >= 0.6 is 0 Å². The fourth-order valence-electron chi connectivity index (χ4n) is 1.54. The third-order valence-electron chi connectivity index (χ3n) is 2.70. The van der Waals surface area contributed by atoms with Gasteiger partial charge >= 0.3 is 17.4 Å². The van der Waals surface area contributed by atoms with Crippen LogP contribution in [0.4, 0.5) is 0 Å². The summed E-state index contributed by atoms with van der Waals surface area (Å²) >= 11 is 0. The quantitative estimate of drug-likeness (QED) is 0.659. The summed E-state index contributed by atoms with van der Waals surface area (Å²) in [6.07, 6.45) is 0. The Labute approximate surface area is 129 Å². The Hall–Kier alpha value is -1.29. The van der Waals surface area contributed by atoms with E-state index in [1.807, 2.05) is 12.1 Å². The van der Waals surface area contributed by atoms with Crippen LogP contribution in [0, 0.1) is 11.8 Å². The number of hydrogen-bond donors (Lipinski definition) is 0. The second-order valence-corrected chi connectivity index (χ2v) is 4.73. The zero-order chi connectivity index (χ0) is 13.4. The van der Waals surface area contributed by atoms with E-state index < -0.39 is 0 Å². The van der Waals surface area contributed by atoms with Gasteiger partial charge in [0.1, 0.15) is 0 Å². The Morgan fingerprint density at radius 1 is 0.526 bits per heavy atom. The van der Waals surface area contributed by atoms with Crippen molar-refractivity contribution in [3.63, 3.8) is 0 Å². The number of hydrogen-bond acceptors (Lipinski definition) is 0. The van der Waals surface area contributed by atoms with Crippen LogP contribution in [0.25, 0.3) is 0 Å². The normalized spacial score (nSPS) is 8.63. The van der Waals surface area contributed by atoms with Crippen LogP contribution in [0.3, 0.4) is 0 Å². The van der Waals surface area contributed by atoms with Crippen molar-refractivity contribution in [2.45, 2.75) is 27.7 Å². The van der Waals surface area contributed by atoms with Gasteiger partial charge in [-0.05, 0) is 0 Å². The molecule has 0 aliphatic heterocycles. The van der Waals surface area contributed by atoms with E-state index in [-0.39, 0.29) is 17.4 Å². The van der Waals surface area contributed by atoms with E-state index in [0.717, 1.165) is 0 Å². The molecule has 0 amide bonds.